The zero-order valence-electron chi connectivity index (χ0n) is 17.4. The van der Waals surface area contributed by atoms with E-state index < -0.39 is 0 Å². The summed E-state index contributed by atoms with van der Waals surface area (Å²) in [5.41, 5.74) is 0.866. The Balaban J connectivity index is 1.70. The van der Waals surface area contributed by atoms with Crippen LogP contribution in [0, 0.1) is 11.8 Å². The maximum Gasteiger partial charge on any atom is 0.230 e. The van der Waals surface area contributed by atoms with Crippen LogP contribution in [0.1, 0.15) is 33.1 Å². The number of nitrogens with one attached hydrogen (secondary N) is 1. The van der Waals surface area contributed by atoms with Gasteiger partial charge in [-0.05, 0) is 30.4 Å². The van der Waals surface area contributed by atoms with Gasteiger partial charge in [-0.3, -0.25) is 9.36 Å². The second kappa shape index (κ2) is 9.96. The zero-order chi connectivity index (χ0) is 20.8. The lowest BCUT2D eigenvalue weighted by atomic mass is 9.78. The van der Waals surface area contributed by atoms with E-state index in [9.17, 15) is 4.79 Å². The fourth-order valence-corrected chi connectivity index (χ4v) is 4.64. The molecule has 1 N–H and O–H groups in total. The van der Waals surface area contributed by atoms with Crippen LogP contribution in [0.25, 0.3) is 11.4 Å². The van der Waals surface area contributed by atoms with Crippen molar-refractivity contribution >= 4 is 17.7 Å². The number of nitrogens with zero attached hydrogens (tertiary/aromatic N) is 3. The van der Waals surface area contributed by atoms with Crippen LogP contribution in [-0.2, 0) is 11.3 Å². The molecule has 0 unspecified atom stereocenters. The van der Waals surface area contributed by atoms with Gasteiger partial charge >= 0.3 is 0 Å². The van der Waals surface area contributed by atoms with E-state index in [1.807, 2.05) is 28.8 Å². The number of ether oxygens (including phenoxy) is 1. The number of methoxy groups -OCH3 is 1. The molecule has 1 aliphatic carbocycles. The molecule has 0 aliphatic heterocycles. The summed E-state index contributed by atoms with van der Waals surface area (Å²) in [5, 5.41) is 12.6. The van der Waals surface area contributed by atoms with Gasteiger partial charge in [0.1, 0.15) is 5.75 Å². The smallest absolute Gasteiger partial charge is 0.230 e. The third-order valence-corrected chi connectivity index (χ3v) is 6.73. The molecule has 1 saturated carbocycles. The van der Waals surface area contributed by atoms with E-state index in [1.165, 1.54) is 24.6 Å². The van der Waals surface area contributed by atoms with Crippen molar-refractivity contribution in [1.82, 2.24) is 20.1 Å². The molecule has 0 spiro atoms. The van der Waals surface area contributed by atoms with E-state index in [2.05, 4.69) is 35.9 Å². The summed E-state index contributed by atoms with van der Waals surface area (Å²) >= 11 is 1.40. The summed E-state index contributed by atoms with van der Waals surface area (Å²) in [6.45, 7) is 8.91. The number of thioether (sulfide) groups is 1. The van der Waals surface area contributed by atoms with E-state index in [1.54, 1.807) is 13.2 Å². The molecule has 0 radical (unpaired) electrons. The van der Waals surface area contributed by atoms with Crippen LogP contribution in [0.2, 0.25) is 0 Å². The Hall–Kier alpha value is -2.28. The van der Waals surface area contributed by atoms with Crippen LogP contribution in [0.5, 0.6) is 5.75 Å². The number of rotatable bonds is 8. The van der Waals surface area contributed by atoms with Gasteiger partial charge in [0.2, 0.25) is 5.91 Å². The topological polar surface area (TPSA) is 69.0 Å². The summed E-state index contributed by atoms with van der Waals surface area (Å²) in [5.74, 6) is 2.98. The minimum atomic E-state index is 0.0490. The molecule has 1 aromatic heterocycles. The molecule has 3 rings (SSSR count). The van der Waals surface area contributed by atoms with E-state index in [0.29, 0.717) is 35.1 Å². The summed E-state index contributed by atoms with van der Waals surface area (Å²) in [6, 6.07) is 7.98. The lowest BCUT2D eigenvalue weighted by molar-refractivity contribution is -0.120. The lowest BCUT2D eigenvalue weighted by Crippen LogP contribution is -2.44. The van der Waals surface area contributed by atoms with Crippen LogP contribution in [0.3, 0.4) is 0 Å². The van der Waals surface area contributed by atoms with Gasteiger partial charge in [-0.15, -0.1) is 16.8 Å². The Morgan fingerprint density at radius 3 is 2.90 bits per heavy atom. The Bertz CT molecular complexity index is 851. The van der Waals surface area contributed by atoms with Gasteiger partial charge < -0.3 is 10.1 Å². The lowest BCUT2D eigenvalue weighted by Gasteiger charge is -2.34. The molecular formula is C22H30N4O2S. The van der Waals surface area contributed by atoms with Crippen molar-refractivity contribution in [3.8, 4) is 17.1 Å². The molecule has 29 heavy (non-hydrogen) atoms. The van der Waals surface area contributed by atoms with Gasteiger partial charge in [0, 0.05) is 12.6 Å². The molecule has 2 aromatic rings. The monoisotopic (exact) mass is 414 g/mol. The Morgan fingerprint density at radius 2 is 2.14 bits per heavy atom. The maximum absolute atomic E-state index is 12.6. The second-order valence-corrected chi connectivity index (χ2v) is 8.58. The van der Waals surface area contributed by atoms with Gasteiger partial charge in [-0.1, -0.05) is 56.7 Å². The molecule has 3 atom stereocenters. The molecule has 1 fully saturated rings. The largest absolute Gasteiger partial charge is 0.496 e. The first-order valence-electron chi connectivity index (χ1n) is 10.1. The van der Waals surface area contributed by atoms with Gasteiger partial charge in [0.25, 0.3) is 0 Å². The summed E-state index contributed by atoms with van der Waals surface area (Å²) in [7, 11) is 1.64. The number of allylic oxidation sites excluding steroid dienone is 1. The first-order chi connectivity index (χ1) is 14.0. The molecule has 1 aromatic carbocycles. The molecular weight excluding hydrogens is 384 g/mol. The molecule has 6 nitrogen and oxygen atoms in total. The molecule has 156 valence electrons. The first-order valence-corrected chi connectivity index (χ1v) is 11.1. The van der Waals surface area contributed by atoms with Crippen LogP contribution >= 0.6 is 11.8 Å². The highest BCUT2D eigenvalue weighted by molar-refractivity contribution is 7.99. The third-order valence-electron chi connectivity index (χ3n) is 5.76. The number of hydrogen-bond donors (Lipinski definition) is 1. The number of amides is 1. The predicted octanol–water partition coefficient (Wildman–Crippen LogP) is 4.17. The average Bonchev–Trinajstić information content (AvgIpc) is 3.12. The van der Waals surface area contributed by atoms with Crippen molar-refractivity contribution in [2.75, 3.05) is 12.9 Å². The van der Waals surface area contributed by atoms with Gasteiger partial charge in [0.15, 0.2) is 11.0 Å². The summed E-state index contributed by atoms with van der Waals surface area (Å²) in [6.07, 6.45) is 5.29. The van der Waals surface area contributed by atoms with Crippen molar-refractivity contribution in [3.63, 3.8) is 0 Å². The Labute approximate surface area is 177 Å². The molecule has 1 heterocycles. The maximum atomic E-state index is 12.6. The van der Waals surface area contributed by atoms with Crippen molar-refractivity contribution in [3.05, 3.63) is 36.9 Å². The second-order valence-electron chi connectivity index (χ2n) is 7.64. The quantitative estimate of drug-likeness (QED) is 0.519. The molecule has 0 bridgehead atoms. The minimum absolute atomic E-state index is 0.0490. The average molecular weight is 415 g/mol. The number of aromatic nitrogens is 3. The summed E-state index contributed by atoms with van der Waals surface area (Å²) < 4.78 is 7.43. The van der Waals surface area contributed by atoms with E-state index in [0.717, 1.165) is 17.7 Å². The highest BCUT2D eigenvalue weighted by atomic mass is 32.2. The summed E-state index contributed by atoms with van der Waals surface area (Å²) in [4.78, 5) is 12.6. The number of carbonyl (C=O) groups is 1. The van der Waals surface area contributed by atoms with Crippen LogP contribution < -0.4 is 10.1 Å². The fourth-order valence-electron chi connectivity index (χ4n) is 3.88. The van der Waals surface area contributed by atoms with Crippen molar-refractivity contribution in [2.24, 2.45) is 11.8 Å². The van der Waals surface area contributed by atoms with Crippen molar-refractivity contribution in [2.45, 2.75) is 50.9 Å². The molecule has 1 amide bonds. The molecule has 7 heteroatoms. The van der Waals surface area contributed by atoms with Gasteiger partial charge in [-0.25, -0.2) is 0 Å². The fraction of sp³-hybridized carbons (Fsp3) is 0.500. The highest BCUT2D eigenvalue weighted by Gasteiger charge is 2.28. The third kappa shape index (κ3) is 5.01. The normalized spacial score (nSPS) is 21.6. The van der Waals surface area contributed by atoms with E-state index in [4.69, 9.17) is 4.74 Å². The Kier molecular flexibility index (Phi) is 7.36. The van der Waals surface area contributed by atoms with Crippen LogP contribution in [-0.4, -0.2) is 39.6 Å². The number of carbonyl (C=O) groups excluding carboxylic acids is 1. The van der Waals surface area contributed by atoms with Gasteiger partial charge in [0.05, 0.1) is 18.4 Å². The SMILES string of the molecule is C=CCn1c(SCC(=O)N[C@@H]2CCC[C@@H](C)[C@H]2C)nnc1-c1ccccc1OC. The zero-order valence-corrected chi connectivity index (χ0v) is 18.2. The van der Waals surface area contributed by atoms with Gasteiger partial charge in [-0.2, -0.15) is 0 Å². The highest BCUT2D eigenvalue weighted by Crippen LogP contribution is 2.32. The van der Waals surface area contributed by atoms with E-state index in [-0.39, 0.29) is 11.9 Å². The Morgan fingerprint density at radius 1 is 1.34 bits per heavy atom. The van der Waals surface area contributed by atoms with Crippen LogP contribution in [0.15, 0.2) is 42.1 Å². The molecule has 0 saturated heterocycles. The number of para-hydroxylation sites is 1. The predicted molar refractivity (Wildman–Crippen MR) is 117 cm³/mol. The minimum Gasteiger partial charge on any atom is -0.496 e. The van der Waals surface area contributed by atoms with Crippen molar-refractivity contribution < 1.29 is 9.53 Å². The molecule has 1 aliphatic rings. The number of hydrogen-bond acceptors (Lipinski definition) is 5. The van der Waals surface area contributed by atoms with Crippen molar-refractivity contribution in [1.29, 1.82) is 0 Å². The standard InChI is InChI=1S/C22H30N4O2S/c1-5-13-26-21(17-10-6-7-12-19(17)28-4)24-25-22(26)29-14-20(27)23-18-11-8-9-15(2)16(18)3/h5-7,10,12,15-16,18H,1,8-9,11,13-14H2,2-4H3,(H,23,27)/t15-,16-,18-/m1/s1. The van der Waals surface area contributed by atoms with E-state index >= 15 is 0 Å². The van der Waals surface area contributed by atoms with Crippen LogP contribution in [0.4, 0.5) is 0 Å². The number of benzene rings is 1. The first kappa shape index (κ1) is 21.4.